The number of nitrogens with zero attached hydrogens (tertiary/aromatic N) is 1. The Bertz CT molecular complexity index is 1590. The lowest BCUT2D eigenvalue weighted by Gasteiger charge is -2.31. The Balaban J connectivity index is 1.50. The third-order valence-electron chi connectivity index (χ3n) is 8.16. The molecular weight excluding hydrogens is 699 g/mol. The highest BCUT2D eigenvalue weighted by molar-refractivity contribution is 7.89. The number of hydrogen-bond donors (Lipinski definition) is 5. The molecule has 1 unspecified atom stereocenters. The average Bonchev–Trinajstić information content (AvgIpc) is 3.68. The van der Waals surface area contributed by atoms with Crippen molar-refractivity contribution in [3.63, 3.8) is 0 Å². The van der Waals surface area contributed by atoms with Gasteiger partial charge >= 0.3 is 19.7 Å². The number of nitrogens with one attached hydrogen (secondary N) is 1. The number of carbonyl (C=O) groups excluding carboxylic acids is 1. The first kappa shape index (κ1) is 39.7. The first-order valence-corrected chi connectivity index (χ1v) is 19.3. The molecule has 2 saturated heterocycles. The van der Waals surface area contributed by atoms with Gasteiger partial charge in [0.2, 0.25) is 10.0 Å². The summed E-state index contributed by atoms with van der Waals surface area (Å²) in [7, 11) is -8.50. The van der Waals surface area contributed by atoms with Gasteiger partial charge in [0.1, 0.15) is 11.9 Å². The number of rotatable bonds is 18. The van der Waals surface area contributed by atoms with Crippen LogP contribution in [-0.2, 0) is 51.1 Å². The fraction of sp³-hybridized carbons (Fsp3) is 0.562. The Morgan fingerprint density at radius 3 is 2.32 bits per heavy atom. The summed E-state index contributed by atoms with van der Waals surface area (Å²) >= 11 is 0. The van der Waals surface area contributed by atoms with Crippen LogP contribution in [0.2, 0.25) is 0 Å². The fourth-order valence-electron chi connectivity index (χ4n) is 5.54. The van der Waals surface area contributed by atoms with Crippen LogP contribution in [0.4, 0.5) is 4.79 Å². The summed E-state index contributed by atoms with van der Waals surface area (Å²) in [6.45, 7) is 4.84. The molecule has 0 radical (unpaired) electrons. The molecule has 50 heavy (non-hydrogen) atoms. The van der Waals surface area contributed by atoms with E-state index in [0.717, 1.165) is 11.2 Å². The van der Waals surface area contributed by atoms with Crippen molar-refractivity contribution < 1.29 is 66.3 Å². The van der Waals surface area contributed by atoms with Gasteiger partial charge < -0.3 is 44.5 Å². The van der Waals surface area contributed by atoms with Gasteiger partial charge in [-0.1, -0.05) is 38.1 Å². The van der Waals surface area contributed by atoms with Crippen molar-refractivity contribution in [1.82, 2.24) is 9.62 Å². The molecule has 0 bridgehead atoms. The minimum Gasteiger partial charge on any atom is -0.481 e. The molecule has 278 valence electrons. The van der Waals surface area contributed by atoms with E-state index < -0.39 is 66.7 Å². The number of alkyl carbamates (subject to hydrolysis) is 1. The molecule has 2 aliphatic rings. The van der Waals surface area contributed by atoms with Gasteiger partial charge in [-0.3, -0.25) is 9.09 Å². The number of hydrogen-bond acceptors (Lipinski definition) is 12. The van der Waals surface area contributed by atoms with Crippen molar-refractivity contribution in [2.75, 3.05) is 32.7 Å². The van der Waals surface area contributed by atoms with Crippen molar-refractivity contribution in [3.05, 3.63) is 59.7 Å². The van der Waals surface area contributed by atoms with Gasteiger partial charge in [0.25, 0.3) is 0 Å². The van der Waals surface area contributed by atoms with Gasteiger partial charge in [0.05, 0.1) is 42.8 Å². The van der Waals surface area contributed by atoms with Crippen LogP contribution in [0.3, 0.4) is 0 Å². The molecule has 16 nitrogen and oxygen atoms in total. The Morgan fingerprint density at radius 2 is 1.70 bits per heavy atom. The van der Waals surface area contributed by atoms with Crippen LogP contribution in [-0.4, -0.2) is 108 Å². The van der Waals surface area contributed by atoms with E-state index in [-0.39, 0.29) is 55.2 Å². The summed E-state index contributed by atoms with van der Waals surface area (Å²) in [6.07, 6.45) is -4.93. The summed E-state index contributed by atoms with van der Waals surface area (Å²) in [5.41, 5.74) is 1.11. The molecule has 2 fully saturated rings. The van der Waals surface area contributed by atoms with Gasteiger partial charge in [-0.05, 0) is 61.1 Å². The molecule has 1 amide bonds. The summed E-state index contributed by atoms with van der Waals surface area (Å²) < 4.78 is 67.6. The number of sulfonamides is 1. The van der Waals surface area contributed by atoms with Crippen LogP contribution in [0.1, 0.15) is 38.3 Å². The number of fused-ring (bicyclic) bond motifs is 1. The molecule has 2 aromatic rings. The number of ether oxygens (including phenoxy) is 4. The van der Waals surface area contributed by atoms with Crippen LogP contribution in [0.5, 0.6) is 5.75 Å². The Labute approximate surface area is 290 Å². The van der Waals surface area contributed by atoms with Crippen molar-refractivity contribution in [1.29, 1.82) is 0 Å². The molecule has 2 heterocycles. The minimum atomic E-state index is -4.39. The lowest BCUT2D eigenvalue weighted by Crippen LogP contribution is -2.51. The zero-order valence-corrected chi connectivity index (χ0v) is 29.7. The molecular formula is C32H45N2O14PS. The maximum absolute atomic E-state index is 13.7. The van der Waals surface area contributed by atoms with Crippen molar-refractivity contribution >= 4 is 29.7 Å². The average molecular weight is 745 g/mol. The number of carboxylic acid groups (broad SMARTS) is 1. The van der Waals surface area contributed by atoms with E-state index in [4.69, 9.17) is 24.1 Å². The number of aliphatic hydroxyl groups is 2. The van der Waals surface area contributed by atoms with Crippen LogP contribution in [0, 0.1) is 11.8 Å². The largest absolute Gasteiger partial charge is 0.481 e. The van der Waals surface area contributed by atoms with Crippen molar-refractivity contribution in [2.45, 2.75) is 75.8 Å². The van der Waals surface area contributed by atoms with E-state index in [0.29, 0.717) is 24.2 Å². The van der Waals surface area contributed by atoms with Crippen LogP contribution < -0.4 is 10.1 Å². The topological polar surface area (TPSA) is 228 Å². The van der Waals surface area contributed by atoms with Crippen LogP contribution >= 0.6 is 7.60 Å². The van der Waals surface area contributed by atoms with Crippen molar-refractivity contribution in [3.8, 4) is 5.75 Å². The molecule has 5 N–H and O–H groups in total. The number of carboxylic acids is 1. The van der Waals surface area contributed by atoms with Gasteiger partial charge in [0, 0.05) is 13.1 Å². The zero-order chi connectivity index (χ0) is 36.6. The van der Waals surface area contributed by atoms with E-state index in [1.807, 2.05) is 13.8 Å². The number of amides is 1. The number of benzene rings is 2. The number of aliphatic carboxylic acids is 1. The van der Waals surface area contributed by atoms with Gasteiger partial charge in [0.15, 0.2) is 18.7 Å². The highest BCUT2D eigenvalue weighted by atomic mass is 32.2. The zero-order valence-electron chi connectivity index (χ0n) is 28.0. The highest BCUT2D eigenvalue weighted by Gasteiger charge is 2.44. The first-order chi connectivity index (χ1) is 23.6. The van der Waals surface area contributed by atoms with Gasteiger partial charge in [-0.2, -0.15) is 4.31 Å². The van der Waals surface area contributed by atoms with Crippen molar-refractivity contribution in [2.24, 2.45) is 11.8 Å². The molecule has 7 atom stereocenters. The van der Waals surface area contributed by atoms with E-state index in [1.165, 1.54) is 36.4 Å². The maximum Gasteiger partial charge on any atom is 0.407 e. The second kappa shape index (κ2) is 17.4. The van der Waals surface area contributed by atoms with E-state index in [1.54, 1.807) is 12.1 Å². The number of aliphatic hydroxyl groups excluding tert-OH is 2. The molecule has 2 aliphatic heterocycles. The number of carbonyl (C=O) groups is 2. The highest BCUT2D eigenvalue weighted by Crippen LogP contribution is 2.43. The van der Waals surface area contributed by atoms with E-state index in [9.17, 15) is 37.7 Å². The molecule has 18 heteroatoms. The summed E-state index contributed by atoms with van der Waals surface area (Å²) in [4.78, 5) is 34.1. The van der Waals surface area contributed by atoms with E-state index >= 15 is 0 Å². The predicted molar refractivity (Wildman–Crippen MR) is 177 cm³/mol. The molecule has 4 rings (SSSR count). The predicted octanol–water partition coefficient (Wildman–Crippen LogP) is 2.30. The Morgan fingerprint density at radius 1 is 1.04 bits per heavy atom. The van der Waals surface area contributed by atoms with Crippen LogP contribution in [0.15, 0.2) is 53.4 Å². The molecule has 0 aromatic heterocycles. The fourth-order valence-corrected chi connectivity index (χ4v) is 8.12. The summed E-state index contributed by atoms with van der Waals surface area (Å²) in [5, 5.41) is 32.6. The Hall–Kier alpha value is -3.12. The second-order valence-corrected chi connectivity index (χ2v) is 16.3. The van der Waals surface area contributed by atoms with Gasteiger partial charge in [-0.25, -0.2) is 18.0 Å². The van der Waals surface area contributed by atoms with E-state index in [2.05, 4.69) is 9.84 Å². The normalized spacial score (nSPS) is 22.0. The third kappa shape index (κ3) is 10.9. The lowest BCUT2D eigenvalue weighted by molar-refractivity contribution is -0.144. The van der Waals surface area contributed by atoms with Gasteiger partial charge in [-0.15, -0.1) is 0 Å². The summed E-state index contributed by atoms with van der Waals surface area (Å²) in [5.74, 6) is -1.50. The molecule has 0 aliphatic carbocycles. The first-order valence-electron chi connectivity index (χ1n) is 16.1. The minimum absolute atomic E-state index is 0.0192. The third-order valence-corrected chi connectivity index (χ3v) is 11.1. The Kier molecular flexibility index (Phi) is 13.8. The quantitative estimate of drug-likeness (QED) is 0.138. The van der Waals surface area contributed by atoms with Crippen LogP contribution in [0.25, 0.3) is 0 Å². The summed E-state index contributed by atoms with van der Waals surface area (Å²) in [6, 6.07) is 10.8. The second-order valence-electron chi connectivity index (χ2n) is 12.6. The SMILES string of the molecule is CC(C)CN(C[C@@H](O)[C@H](Cc1ccc(OCP(=O)(O)O[C@@H](C)C(=O)O)cc1)NC(=O)O[C@H]1CO[C@H]2OCC[C@H]21)S(=O)(=O)c1ccc(CO)cc1. The molecule has 2 aromatic carbocycles. The molecule has 0 spiro atoms. The lowest BCUT2D eigenvalue weighted by atomic mass is 10.0. The monoisotopic (exact) mass is 744 g/mol. The standard InChI is InChI=1S/C32H45N2O14PS/c1-20(2)15-34(50(42,43)25-10-6-23(17-35)7-11-25)16-28(36)27(33-32(39)47-29-18-45-31-26(29)12-13-44-31)14-22-4-8-24(9-5-22)46-19-49(40,41)48-21(3)30(37)38/h4-11,20-21,26-29,31,35-36H,12-19H2,1-3H3,(H,33,39)(H,37,38)(H,40,41)/t21-,26-,27-,28+,29-,31+/m0/s1. The smallest absolute Gasteiger partial charge is 0.407 e. The maximum atomic E-state index is 13.7. The molecule has 0 saturated carbocycles.